The highest BCUT2D eigenvalue weighted by atomic mass is 32.2. The fourth-order valence-electron chi connectivity index (χ4n) is 2.06. The van der Waals surface area contributed by atoms with Crippen LogP contribution in [0.5, 0.6) is 0 Å². The molecule has 1 aliphatic rings. The highest BCUT2D eigenvalue weighted by molar-refractivity contribution is 7.99. The molecule has 18 heavy (non-hydrogen) atoms. The summed E-state index contributed by atoms with van der Waals surface area (Å²) in [5.74, 6) is 4.02. The third-order valence-corrected chi connectivity index (χ3v) is 4.53. The van der Waals surface area contributed by atoms with Gasteiger partial charge in [0.15, 0.2) is 0 Å². The average Bonchev–Trinajstić information content (AvgIpc) is 2.45. The number of aromatic nitrogens is 2. The van der Waals surface area contributed by atoms with Gasteiger partial charge in [0.1, 0.15) is 17.5 Å². The monoisotopic (exact) mass is 266 g/mol. The Morgan fingerprint density at radius 1 is 1.33 bits per heavy atom. The lowest BCUT2D eigenvalue weighted by atomic mass is 10.2. The van der Waals surface area contributed by atoms with Gasteiger partial charge in [0.05, 0.1) is 0 Å². The summed E-state index contributed by atoms with van der Waals surface area (Å²) < 4.78 is 0. The lowest BCUT2D eigenvalue weighted by Gasteiger charge is -2.21. The third kappa shape index (κ3) is 3.77. The van der Waals surface area contributed by atoms with Gasteiger partial charge < -0.3 is 10.6 Å². The van der Waals surface area contributed by atoms with Crippen molar-refractivity contribution in [3.8, 4) is 0 Å². The zero-order chi connectivity index (χ0) is 12.8. The topological polar surface area (TPSA) is 49.8 Å². The molecule has 1 aromatic heterocycles. The average molecular weight is 266 g/mol. The molecule has 1 unspecified atom stereocenters. The van der Waals surface area contributed by atoms with Crippen molar-refractivity contribution in [1.29, 1.82) is 0 Å². The molecule has 2 rings (SSSR count). The van der Waals surface area contributed by atoms with Crippen LogP contribution in [0, 0.1) is 0 Å². The minimum absolute atomic E-state index is 0.733. The maximum Gasteiger partial charge on any atom is 0.132 e. The van der Waals surface area contributed by atoms with E-state index in [1.54, 1.807) is 0 Å². The lowest BCUT2D eigenvalue weighted by molar-refractivity contribution is 0.676. The Bertz CT molecular complexity index is 355. The maximum absolute atomic E-state index is 4.51. The van der Waals surface area contributed by atoms with Crippen LogP contribution in [0.15, 0.2) is 6.07 Å². The summed E-state index contributed by atoms with van der Waals surface area (Å²) in [6, 6.07) is 1.98. The molecular formula is C13H22N4S. The Morgan fingerprint density at radius 3 is 2.83 bits per heavy atom. The van der Waals surface area contributed by atoms with Gasteiger partial charge in [0.2, 0.25) is 0 Å². The van der Waals surface area contributed by atoms with Crippen LogP contribution >= 0.6 is 11.8 Å². The molecular weight excluding hydrogens is 244 g/mol. The van der Waals surface area contributed by atoms with Gasteiger partial charge in [0.25, 0.3) is 0 Å². The second-order valence-corrected chi connectivity index (χ2v) is 5.94. The number of anilines is 2. The van der Waals surface area contributed by atoms with Crippen molar-refractivity contribution in [2.24, 2.45) is 0 Å². The molecule has 1 atom stereocenters. The molecule has 2 heterocycles. The maximum atomic E-state index is 4.51. The van der Waals surface area contributed by atoms with Crippen LogP contribution < -0.4 is 10.6 Å². The van der Waals surface area contributed by atoms with Crippen LogP contribution in [0.3, 0.4) is 0 Å². The van der Waals surface area contributed by atoms with Gasteiger partial charge in [-0.15, -0.1) is 0 Å². The highest BCUT2D eigenvalue weighted by Crippen LogP contribution is 2.25. The Balaban J connectivity index is 1.94. The van der Waals surface area contributed by atoms with Gasteiger partial charge in [0, 0.05) is 31.3 Å². The fraction of sp³-hybridized carbons (Fsp3) is 0.692. The first kappa shape index (κ1) is 13.5. The third-order valence-electron chi connectivity index (χ3n) is 3.13. The van der Waals surface area contributed by atoms with E-state index >= 15 is 0 Å². The number of hydrogen-bond acceptors (Lipinski definition) is 5. The molecule has 1 fully saturated rings. The Morgan fingerprint density at radius 2 is 2.17 bits per heavy atom. The summed E-state index contributed by atoms with van der Waals surface area (Å²) in [5.41, 5.74) is 0. The first-order valence-electron chi connectivity index (χ1n) is 6.73. The van der Waals surface area contributed by atoms with Gasteiger partial charge in [-0.2, -0.15) is 11.8 Å². The number of nitrogens with zero attached hydrogens (tertiary/aromatic N) is 2. The van der Waals surface area contributed by atoms with Crippen molar-refractivity contribution < 1.29 is 0 Å². The van der Waals surface area contributed by atoms with E-state index in [4.69, 9.17) is 0 Å². The van der Waals surface area contributed by atoms with Gasteiger partial charge >= 0.3 is 0 Å². The van der Waals surface area contributed by atoms with E-state index < -0.39 is 0 Å². The standard InChI is InChI=1S/C13H22N4S/c1-3-11-16-12(14-2)8-13(17-11)15-9-10-6-4-5-7-18-10/h8,10H,3-7,9H2,1-2H3,(H2,14,15,16,17). The smallest absolute Gasteiger partial charge is 0.132 e. The molecule has 0 amide bonds. The highest BCUT2D eigenvalue weighted by Gasteiger charge is 2.13. The first-order chi connectivity index (χ1) is 8.81. The van der Waals surface area contributed by atoms with Crippen molar-refractivity contribution in [3.63, 3.8) is 0 Å². The molecule has 0 bridgehead atoms. The van der Waals surface area contributed by atoms with Gasteiger partial charge in [-0.1, -0.05) is 13.3 Å². The van der Waals surface area contributed by atoms with Gasteiger partial charge in [-0.25, -0.2) is 9.97 Å². The van der Waals surface area contributed by atoms with Gasteiger partial charge in [-0.3, -0.25) is 0 Å². The normalized spacial score (nSPS) is 19.6. The molecule has 1 saturated heterocycles. The van der Waals surface area contributed by atoms with Crippen molar-refractivity contribution in [2.75, 3.05) is 30.0 Å². The van der Waals surface area contributed by atoms with Crippen LogP contribution in [-0.2, 0) is 6.42 Å². The van der Waals surface area contributed by atoms with Crippen molar-refractivity contribution in [2.45, 2.75) is 37.9 Å². The van der Waals surface area contributed by atoms with Crippen LogP contribution in [0.1, 0.15) is 32.0 Å². The summed E-state index contributed by atoms with van der Waals surface area (Å²) in [4.78, 5) is 8.91. The summed E-state index contributed by atoms with van der Waals surface area (Å²) >= 11 is 2.08. The molecule has 1 aliphatic heterocycles. The van der Waals surface area contributed by atoms with Crippen LogP contribution in [0.25, 0.3) is 0 Å². The minimum Gasteiger partial charge on any atom is -0.373 e. The van der Waals surface area contributed by atoms with Crippen molar-refractivity contribution in [3.05, 3.63) is 11.9 Å². The largest absolute Gasteiger partial charge is 0.373 e. The van der Waals surface area contributed by atoms with Crippen molar-refractivity contribution >= 4 is 23.4 Å². The van der Waals surface area contributed by atoms with Crippen molar-refractivity contribution in [1.82, 2.24) is 9.97 Å². The SMILES string of the molecule is CCc1nc(NC)cc(NCC2CCCCS2)n1. The number of aryl methyl sites for hydroxylation is 1. The molecule has 0 aliphatic carbocycles. The van der Waals surface area contributed by atoms with E-state index in [1.165, 1.54) is 25.0 Å². The number of nitrogens with one attached hydrogen (secondary N) is 2. The second kappa shape index (κ2) is 6.83. The molecule has 100 valence electrons. The summed E-state index contributed by atoms with van der Waals surface area (Å²) in [6.45, 7) is 3.09. The van der Waals surface area contributed by atoms with Crippen LogP contribution in [0.2, 0.25) is 0 Å². The summed E-state index contributed by atoms with van der Waals surface area (Å²) in [6.07, 6.45) is 4.92. The number of thioether (sulfide) groups is 1. The van der Waals surface area contributed by atoms with E-state index in [9.17, 15) is 0 Å². The van der Waals surface area contributed by atoms with Crippen LogP contribution in [-0.4, -0.2) is 34.6 Å². The fourth-order valence-corrected chi connectivity index (χ4v) is 3.30. The molecule has 0 aromatic carbocycles. The summed E-state index contributed by atoms with van der Waals surface area (Å²) in [5, 5.41) is 7.27. The van der Waals surface area contributed by atoms with Gasteiger partial charge in [-0.05, 0) is 18.6 Å². The first-order valence-corrected chi connectivity index (χ1v) is 7.78. The second-order valence-electron chi connectivity index (χ2n) is 4.53. The Kier molecular flexibility index (Phi) is 5.11. The molecule has 5 heteroatoms. The van der Waals surface area contributed by atoms with E-state index in [1.807, 2.05) is 13.1 Å². The van der Waals surface area contributed by atoms with E-state index in [0.717, 1.165) is 35.7 Å². The predicted octanol–water partition coefficient (Wildman–Crippen LogP) is 2.78. The van der Waals surface area contributed by atoms with E-state index in [2.05, 4.69) is 39.3 Å². The quantitative estimate of drug-likeness (QED) is 0.858. The molecule has 0 saturated carbocycles. The van der Waals surface area contributed by atoms with Crippen LogP contribution in [0.4, 0.5) is 11.6 Å². The molecule has 2 N–H and O–H groups in total. The van der Waals surface area contributed by atoms with E-state index in [-0.39, 0.29) is 0 Å². The molecule has 1 aromatic rings. The number of hydrogen-bond donors (Lipinski definition) is 2. The molecule has 0 spiro atoms. The van der Waals surface area contributed by atoms with E-state index in [0.29, 0.717) is 0 Å². The molecule has 0 radical (unpaired) electrons. The minimum atomic E-state index is 0.733. The Hall–Kier alpha value is -0.970. The zero-order valence-corrected chi connectivity index (χ0v) is 12.0. The predicted molar refractivity (Wildman–Crippen MR) is 79.5 cm³/mol. The zero-order valence-electron chi connectivity index (χ0n) is 11.2. The Labute approximate surface area is 113 Å². The molecule has 4 nitrogen and oxygen atoms in total. The lowest BCUT2D eigenvalue weighted by Crippen LogP contribution is -2.20. The number of rotatable bonds is 5. The summed E-state index contributed by atoms with van der Waals surface area (Å²) in [7, 11) is 1.89.